The molecule has 3 rings (SSSR count). The lowest BCUT2D eigenvalue weighted by molar-refractivity contribution is -0.131. The van der Waals surface area contributed by atoms with Crippen molar-refractivity contribution in [3.8, 4) is 0 Å². The van der Waals surface area contributed by atoms with Gasteiger partial charge in [-0.05, 0) is 36.8 Å². The first-order valence-corrected chi connectivity index (χ1v) is 9.09. The van der Waals surface area contributed by atoms with Crippen molar-refractivity contribution in [2.75, 3.05) is 42.9 Å². The van der Waals surface area contributed by atoms with Crippen LogP contribution in [0.15, 0.2) is 48.5 Å². The van der Waals surface area contributed by atoms with E-state index in [0.29, 0.717) is 18.0 Å². The number of halogens is 1. The minimum absolute atomic E-state index is 0.198. The normalized spacial score (nSPS) is 14.5. The summed E-state index contributed by atoms with van der Waals surface area (Å²) < 4.78 is 0. The Labute approximate surface area is 154 Å². The topological polar surface area (TPSA) is 35.6 Å². The summed E-state index contributed by atoms with van der Waals surface area (Å²) >= 11 is 6.11. The molecule has 0 saturated carbocycles. The molecule has 25 heavy (non-hydrogen) atoms. The van der Waals surface area contributed by atoms with E-state index in [2.05, 4.69) is 41.4 Å². The number of carbonyl (C=O) groups is 1. The predicted molar refractivity (Wildman–Crippen MR) is 105 cm³/mol. The zero-order chi connectivity index (χ0) is 17.6. The Bertz CT molecular complexity index is 726. The van der Waals surface area contributed by atoms with Crippen LogP contribution in [0, 0.1) is 6.92 Å². The average Bonchev–Trinajstić information content (AvgIpc) is 2.63. The summed E-state index contributed by atoms with van der Waals surface area (Å²) in [4.78, 5) is 16.7. The van der Waals surface area contributed by atoms with E-state index in [1.807, 2.05) is 29.2 Å². The van der Waals surface area contributed by atoms with Gasteiger partial charge in [-0.25, -0.2) is 0 Å². The van der Waals surface area contributed by atoms with Crippen molar-refractivity contribution >= 4 is 28.9 Å². The lowest BCUT2D eigenvalue weighted by Gasteiger charge is -2.36. The number of para-hydroxylation sites is 1. The molecule has 0 aromatic heterocycles. The summed E-state index contributed by atoms with van der Waals surface area (Å²) in [5.74, 6) is 0.198. The Morgan fingerprint density at radius 1 is 1.08 bits per heavy atom. The second kappa shape index (κ2) is 8.26. The van der Waals surface area contributed by atoms with Gasteiger partial charge in [-0.2, -0.15) is 0 Å². The van der Waals surface area contributed by atoms with Gasteiger partial charge in [0.2, 0.25) is 5.91 Å². The number of piperazine rings is 1. The summed E-state index contributed by atoms with van der Waals surface area (Å²) in [6.07, 6.45) is 0.482. The minimum Gasteiger partial charge on any atom is -0.383 e. The van der Waals surface area contributed by atoms with Gasteiger partial charge in [0.25, 0.3) is 0 Å². The highest BCUT2D eigenvalue weighted by Gasteiger charge is 2.20. The van der Waals surface area contributed by atoms with Crippen molar-refractivity contribution in [2.45, 2.75) is 13.3 Å². The molecule has 0 bridgehead atoms. The van der Waals surface area contributed by atoms with Crippen LogP contribution in [0.5, 0.6) is 0 Å². The highest BCUT2D eigenvalue weighted by atomic mass is 35.5. The van der Waals surface area contributed by atoms with E-state index in [1.165, 1.54) is 11.3 Å². The van der Waals surface area contributed by atoms with Gasteiger partial charge >= 0.3 is 0 Å². The van der Waals surface area contributed by atoms with Crippen LogP contribution >= 0.6 is 11.6 Å². The molecule has 1 aliphatic rings. The number of hydrogen-bond donors (Lipinski definition) is 1. The number of rotatable bonds is 5. The van der Waals surface area contributed by atoms with Gasteiger partial charge in [0.1, 0.15) is 0 Å². The molecule has 0 radical (unpaired) electrons. The van der Waals surface area contributed by atoms with Crippen LogP contribution in [0.25, 0.3) is 0 Å². The number of amides is 1. The van der Waals surface area contributed by atoms with E-state index in [0.717, 1.165) is 31.9 Å². The Balaban J connectivity index is 1.45. The molecule has 0 aliphatic carbocycles. The molecule has 1 N–H and O–H groups in total. The fraction of sp³-hybridized carbons (Fsp3) is 0.350. The highest BCUT2D eigenvalue weighted by Crippen LogP contribution is 2.21. The second-order valence-corrected chi connectivity index (χ2v) is 6.77. The SMILES string of the molecule is Cc1cccc(N2CCN(C(=O)CCNc3ccccc3Cl)CC2)c1. The van der Waals surface area contributed by atoms with Crippen LogP contribution in [0.2, 0.25) is 5.02 Å². The number of benzene rings is 2. The Kier molecular flexibility index (Phi) is 5.82. The molecule has 0 unspecified atom stereocenters. The fourth-order valence-electron chi connectivity index (χ4n) is 3.11. The Morgan fingerprint density at radius 2 is 1.84 bits per heavy atom. The standard InChI is InChI=1S/C20H24ClN3O/c1-16-5-4-6-17(15-16)23-11-13-24(14-12-23)20(25)9-10-22-19-8-3-2-7-18(19)21/h2-8,15,22H,9-14H2,1H3. The van der Waals surface area contributed by atoms with E-state index >= 15 is 0 Å². The van der Waals surface area contributed by atoms with Crippen molar-refractivity contribution in [1.29, 1.82) is 0 Å². The van der Waals surface area contributed by atoms with Gasteiger partial charge < -0.3 is 15.1 Å². The second-order valence-electron chi connectivity index (χ2n) is 6.36. The molecular weight excluding hydrogens is 334 g/mol. The molecule has 1 heterocycles. The van der Waals surface area contributed by atoms with Gasteiger partial charge in [-0.3, -0.25) is 4.79 Å². The predicted octanol–water partition coefficient (Wildman–Crippen LogP) is 3.80. The summed E-state index contributed by atoms with van der Waals surface area (Å²) in [6.45, 7) is 6.02. The zero-order valence-corrected chi connectivity index (χ0v) is 15.3. The minimum atomic E-state index is 0.198. The maximum atomic E-state index is 12.4. The van der Waals surface area contributed by atoms with Crippen LogP contribution in [0.1, 0.15) is 12.0 Å². The van der Waals surface area contributed by atoms with Gasteiger partial charge in [0, 0.05) is 44.8 Å². The average molecular weight is 358 g/mol. The van der Waals surface area contributed by atoms with Crippen LogP contribution in [0.3, 0.4) is 0 Å². The molecule has 0 spiro atoms. The summed E-state index contributed by atoms with van der Waals surface area (Å²) in [6, 6.07) is 16.1. The van der Waals surface area contributed by atoms with E-state index in [-0.39, 0.29) is 5.91 Å². The molecular formula is C20H24ClN3O. The molecule has 0 atom stereocenters. The lowest BCUT2D eigenvalue weighted by atomic mass is 10.2. The number of carbonyl (C=O) groups excluding carboxylic acids is 1. The number of anilines is 2. The number of hydrogen-bond acceptors (Lipinski definition) is 3. The molecule has 1 fully saturated rings. The van der Waals surface area contributed by atoms with E-state index in [4.69, 9.17) is 11.6 Å². The Morgan fingerprint density at radius 3 is 2.56 bits per heavy atom. The van der Waals surface area contributed by atoms with Gasteiger partial charge in [0.05, 0.1) is 10.7 Å². The number of aryl methyl sites for hydroxylation is 1. The van der Waals surface area contributed by atoms with E-state index < -0.39 is 0 Å². The first-order valence-electron chi connectivity index (χ1n) is 8.71. The smallest absolute Gasteiger partial charge is 0.224 e. The summed E-state index contributed by atoms with van der Waals surface area (Å²) in [5.41, 5.74) is 3.38. The van der Waals surface area contributed by atoms with Crippen molar-refractivity contribution in [2.24, 2.45) is 0 Å². The maximum Gasteiger partial charge on any atom is 0.224 e. The van der Waals surface area contributed by atoms with Crippen LogP contribution in [0.4, 0.5) is 11.4 Å². The van der Waals surface area contributed by atoms with Gasteiger partial charge in [-0.1, -0.05) is 35.9 Å². The third-order valence-corrected chi connectivity index (χ3v) is 4.86. The quantitative estimate of drug-likeness (QED) is 0.884. The molecule has 4 nitrogen and oxygen atoms in total. The fourth-order valence-corrected chi connectivity index (χ4v) is 3.31. The lowest BCUT2D eigenvalue weighted by Crippen LogP contribution is -2.49. The summed E-state index contributed by atoms with van der Waals surface area (Å²) in [5, 5.41) is 3.92. The first-order chi connectivity index (χ1) is 12.1. The molecule has 132 valence electrons. The number of nitrogens with one attached hydrogen (secondary N) is 1. The maximum absolute atomic E-state index is 12.4. The monoisotopic (exact) mass is 357 g/mol. The Hall–Kier alpha value is -2.20. The van der Waals surface area contributed by atoms with Gasteiger partial charge in [-0.15, -0.1) is 0 Å². The van der Waals surface area contributed by atoms with Crippen molar-refractivity contribution in [3.05, 3.63) is 59.1 Å². The third-order valence-electron chi connectivity index (χ3n) is 4.53. The van der Waals surface area contributed by atoms with Crippen LogP contribution in [-0.4, -0.2) is 43.5 Å². The molecule has 1 amide bonds. The number of nitrogens with zero attached hydrogens (tertiary/aromatic N) is 2. The van der Waals surface area contributed by atoms with E-state index in [1.54, 1.807) is 0 Å². The van der Waals surface area contributed by atoms with Crippen molar-refractivity contribution in [3.63, 3.8) is 0 Å². The molecule has 1 saturated heterocycles. The largest absolute Gasteiger partial charge is 0.383 e. The molecule has 2 aromatic carbocycles. The van der Waals surface area contributed by atoms with Crippen molar-refractivity contribution < 1.29 is 4.79 Å². The van der Waals surface area contributed by atoms with Gasteiger partial charge in [0.15, 0.2) is 0 Å². The molecule has 2 aromatic rings. The third kappa shape index (κ3) is 4.67. The van der Waals surface area contributed by atoms with Crippen LogP contribution < -0.4 is 10.2 Å². The van der Waals surface area contributed by atoms with Crippen LogP contribution in [-0.2, 0) is 4.79 Å². The van der Waals surface area contributed by atoms with Crippen molar-refractivity contribution in [1.82, 2.24) is 4.90 Å². The zero-order valence-electron chi connectivity index (χ0n) is 14.5. The molecule has 5 heteroatoms. The summed E-state index contributed by atoms with van der Waals surface area (Å²) in [7, 11) is 0. The van der Waals surface area contributed by atoms with E-state index in [9.17, 15) is 4.79 Å². The highest BCUT2D eigenvalue weighted by molar-refractivity contribution is 6.33. The first kappa shape index (κ1) is 17.6. The molecule has 1 aliphatic heterocycles.